The molecule has 1 aliphatic heterocycles. The monoisotopic (exact) mass is 432 g/mol. The van der Waals surface area contributed by atoms with Crippen LogP contribution in [0.1, 0.15) is 5.56 Å². The Bertz CT molecular complexity index is 1180. The van der Waals surface area contributed by atoms with Crippen LogP contribution in [0.4, 0.5) is 5.13 Å². The number of sulfone groups is 1. The van der Waals surface area contributed by atoms with Crippen molar-refractivity contribution in [2.24, 2.45) is 0 Å². The van der Waals surface area contributed by atoms with Crippen LogP contribution in [-0.2, 0) is 19.4 Å². The fourth-order valence-corrected chi connectivity index (χ4v) is 5.31. The summed E-state index contributed by atoms with van der Waals surface area (Å²) in [5, 5.41) is 3.18. The Labute approximate surface area is 170 Å². The lowest BCUT2D eigenvalue weighted by atomic mass is 10.2. The lowest BCUT2D eigenvalue weighted by molar-refractivity contribution is -0.115. The molecule has 1 N–H and O–H groups in total. The summed E-state index contributed by atoms with van der Waals surface area (Å²) in [6.45, 7) is 0.460. The van der Waals surface area contributed by atoms with Crippen molar-refractivity contribution in [3.8, 4) is 0 Å². The molecule has 6 nitrogen and oxygen atoms in total. The van der Waals surface area contributed by atoms with Crippen LogP contribution < -0.4 is 5.32 Å². The number of carbonyl (C=O) groups is 1. The number of hydrogen-bond acceptors (Lipinski definition) is 7. The highest BCUT2D eigenvalue weighted by Gasteiger charge is 2.24. The lowest BCUT2D eigenvalue weighted by Crippen LogP contribution is -2.21. The molecular weight excluding hydrogens is 416 g/mol. The molecule has 0 saturated carbocycles. The van der Waals surface area contributed by atoms with E-state index in [4.69, 9.17) is 4.74 Å². The summed E-state index contributed by atoms with van der Waals surface area (Å²) in [6, 6.07) is 14.4. The Hall–Kier alpha value is -2.36. The predicted octanol–water partition coefficient (Wildman–Crippen LogP) is 3.77. The minimum absolute atomic E-state index is 0.225. The number of benzene rings is 2. The van der Waals surface area contributed by atoms with Crippen LogP contribution in [0.25, 0.3) is 15.1 Å². The average molecular weight is 433 g/mol. The van der Waals surface area contributed by atoms with Gasteiger partial charge in [0.2, 0.25) is 0 Å². The number of nitrogens with one attached hydrogen (secondary N) is 1. The van der Waals surface area contributed by atoms with E-state index in [-0.39, 0.29) is 16.6 Å². The SMILES string of the molecule is CS(=O)(=O)c1ccc2nc(NC(=O)C3=C(c4ccccc4)SCCO3)sc2c1. The van der Waals surface area contributed by atoms with Crippen molar-refractivity contribution in [3.05, 3.63) is 59.9 Å². The Balaban J connectivity index is 1.64. The molecular formula is C19H16N2O4S3. The molecule has 0 atom stereocenters. The summed E-state index contributed by atoms with van der Waals surface area (Å²) in [4.78, 5) is 18.2. The predicted molar refractivity (Wildman–Crippen MR) is 113 cm³/mol. The molecule has 2 heterocycles. The van der Waals surface area contributed by atoms with E-state index < -0.39 is 9.84 Å². The standard InChI is InChI=1S/C19H16N2O4S3/c1-28(23,24)13-7-8-14-15(11-13)27-19(20-14)21-18(22)16-17(26-10-9-25-16)12-5-3-2-4-6-12/h2-8,11H,9-10H2,1H3,(H,20,21,22). The lowest BCUT2D eigenvalue weighted by Gasteiger charge is -2.20. The molecule has 4 rings (SSSR count). The molecule has 0 unspecified atom stereocenters. The first-order chi connectivity index (χ1) is 13.4. The van der Waals surface area contributed by atoms with Crippen LogP contribution in [0.15, 0.2) is 59.2 Å². The normalized spacial score (nSPS) is 14.8. The van der Waals surface area contributed by atoms with Gasteiger partial charge in [-0.05, 0) is 23.8 Å². The molecule has 28 heavy (non-hydrogen) atoms. The first kappa shape index (κ1) is 19.0. The minimum Gasteiger partial charge on any atom is -0.486 e. The highest BCUT2D eigenvalue weighted by atomic mass is 32.2. The van der Waals surface area contributed by atoms with Gasteiger partial charge in [-0.3, -0.25) is 10.1 Å². The molecule has 2 aromatic carbocycles. The van der Waals surface area contributed by atoms with Crippen molar-refractivity contribution in [1.29, 1.82) is 0 Å². The summed E-state index contributed by atoms with van der Waals surface area (Å²) in [5.74, 6) is 0.683. The Morgan fingerprint density at radius 3 is 2.71 bits per heavy atom. The van der Waals surface area contributed by atoms with Crippen LogP contribution in [0, 0.1) is 0 Å². The summed E-state index contributed by atoms with van der Waals surface area (Å²) < 4.78 is 29.8. The zero-order chi connectivity index (χ0) is 19.7. The average Bonchev–Trinajstić information content (AvgIpc) is 3.09. The fourth-order valence-electron chi connectivity index (χ4n) is 2.73. The van der Waals surface area contributed by atoms with Gasteiger partial charge in [0, 0.05) is 12.0 Å². The summed E-state index contributed by atoms with van der Waals surface area (Å²) in [6.07, 6.45) is 1.16. The number of anilines is 1. The highest BCUT2D eigenvalue weighted by Crippen LogP contribution is 2.35. The van der Waals surface area contributed by atoms with Gasteiger partial charge < -0.3 is 4.74 Å². The van der Waals surface area contributed by atoms with Crippen molar-refractivity contribution in [1.82, 2.24) is 4.98 Å². The number of hydrogen-bond donors (Lipinski definition) is 1. The van der Waals surface area contributed by atoms with Crippen LogP contribution in [0.5, 0.6) is 0 Å². The van der Waals surface area contributed by atoms with Gasteiger partial charge in [0.05, 0.1) is 26.6 Å². The maximum absolute atomic E-state index is 12.8. The van der Waals surface area contributed by atoms with Gasteiger partial charge in [-0.25, -0.2) is 13.4 Å². The van der Waals surface area contributed by atoms with E-state index in [1.807, 2.05) is 30.3 Å². The molecule has 0 aliphatic carbocycles. The van der Waals surface area contributed by atoms with E-state index in [1.54, 1.807) is 23.9 Å². The number of nitrogens with zero attached hydrogens (tertiary/aromatic N) is 1. The van der Waals surface area contributed by atoms with Gasteiger partial charge in [0.15, 0.2) is 20.7 Å². The van der Waals surface area contributed by atoms with Crippen molar-refractivity contribution >= 4 is 59.1 Å². The number of carbonyl (C=O) groups excluding carboxylic acids is 1. The van der Waals surface area contributed by atoms with Crippen LogP contribution in [-0.4, -0.2) is 37.9 Å². The fraction of sp³-hybridized carbons (Fsp3) is 0.158. The van der Waals surface area contributed by atoms with E-state index in [2.05, 4.69) is 10.3 Å². The smallest absolute Gasteiger partial charge is 0.293 e. The largest absolute Gasteiger partial charge is 0.486 e. The summed E-state index contributed by atoms with van der Waals surface area (Å²) in [7, 11) is -3.30. The van der Waals surface area contributed by atoms with Gasteiger partial charge in [-0.15, -0.1) is 11.8 Å². The number of amides is 1. The third-order valence-corrected chi connectivity index (χ3v) is 7.16. The molecule has 3 aromatic rings. The third-order valence-electron chi connectivity index (χ3n) is 4.03. The second kappa shape index (κ2) is 7.57. The maximum atomic E-state index is 12.8. The molecule has 0 saturated heterocycles. The Morgan fingerprint density at radius 1 is 1.18 bits per heavy atom. The molecule has 144 valence electrons. The zero-order valence-electron chi connectivity index (χ0n) is 14.8. The van der Waals surface area contributed by atoms with E-state index >= 15 is 0 Å². The molecule has 1 aromatic heterocycles. The highest BCUT2D eigenvalue weighted by molar-refractivity contribution is 8.08. The topological polar surface area (TPSA) is 85.4 Å². The first-order valence-electron chi connectivity index (χ1n) is 8.39. The van der Waals surface area contributed by atoms with E-state index in [0.717, 1.165) is 22.5 Å². The Kier molecular flexibility index (Phi) is 5.13. The van der Waals surface area contributed by atoms with Gasteiger partial charge in [-0.1, -0.05) is 41.7 Å². The molecule has 0 fully saturated rings. The van der Waals surface area contributed by atoms with E-state index in [9.17, 15) is 13.2 Å². The van der Waals surface area contributed by atoms with Crippen molar-refractivity contribution < 1.29 is 17.9 Å². The van der Waals surface area contributed by atoms with Crippen molar-refractivity contribution in [2.45, 2.75) is 4.90 Å². The van der Waals surface area contributed by atoms with Gasteiger partial charge in [0.1, 0.15) is 0 Å². The third kappa shape index (κ3) is 3.91. The molecule has 9 heteroatoms. The van der Waals surface area contributed by atoms with E-state index in [1.165, 1.54) is 17.4 Å². The van der Waals surface area contributed by atoms with Gasteiger partial charge in [0.25, 0.3) is 5.91 Å². The van der Waals surface area contributed by atoms with E-state index in [0.29, 0.717) is 22.0 Å². The second-order valence-electron chi connectivity index (χ2n) is 6.10. The summed E-state index contributed by atoms with van der Waals surface area (Å²) in [5.41, 5.74) is 1.56. The molecule has 1 amide bonds. The molecule has 0 radical (unpaired) electrons. The number of ether oxygens (including phenoxy) is 1. The van der Waals surface area contributed by atoms with Crippen LogP contribution >= 0.6 is 23.1 Å². The second-order valence-corrected chi connectivity index (χ2v) is 10.2. The number of fused-ring (bicyclic) bond motifs is 1. The molecule has 0 spiro atoms. The van der Waals surface area contributed by atoms with Crippen molar-refractivity contribution in [2.75, 3.05) is 23.9 Å². The maximum Gasteiger partial charge on any atom is 0.293 e. The van der Waals surface area contributed by atoms with Gasteiger partial charge >= 0.3 is 0 Å². The first-order valence-corrected chi connectivity index (χ1v) is 12.1. The number of aromatic nitrogens is 1. The van der Waals surface area contributed by atoms with Crippen LogP contribution in [0.2, 0.25) is 0 Å². The molecule has 1 aliphatic rings. The van der Waals surface area contributed by atoms with Gasteiger partial charge in [-0.2, -0.15) is 0 Å². The summed E-state index contributed by atoms with van der Waals surface area (Å²) >= 11 is 2.81. The van der Waals surface area contributed by atoms with Crippen LogP contribution in [0.3, 0.4) is 0 Å². The quantitative estimate of drug-likeness (QED) is 0.676. The van der Waals surface area contributed by atoms with Crippen molar-refractivity contribution in [3.63, 3.8) is 0 Å². The Morgan fingerprint density at radius 2 is 1.96 bits per heavy atom. The number of thioether (sulfide) groups is 1. The number of rotatable bonds is 4. The number of thiazole rings is 1. The zero-order valence-corrected chi connectivity index (χ0v) is 17.3. The molecule has 0 bridgehead atoms. The minimum atomic E-state index is -3.30.